The largest absolute Gasteiger partial charge is 0.359 e. The van der Waals surface area contributed by atoms with Crippen LogP contribution in [0.4, 0.5) is 0 Å². The molecule has 0 spiro atoms. The lowest BCUT2D eigenvalue weighted by Crippen LogP contribution is -2.05. The molecule has 1 atom stereocenters. The van der Waals surface area contributed by atoms with Gasteiger partial charge < -0.3 is 9.47 Å². The highest BCUT2D eigenvalue weighted by atomic mass is 127. The first-order valence-corrected chi connectivity index (χ1v) is 5.37. The van der Waals surface area contributed by atoms with E-state index in [9.17, 15) is 0 Å². The summed E-state index contributed by atoms with van der Waals surface area (Å²) in [4.78, 5) is 0. The topological polar surface area (TPSA) is 18.5 Å². The first kappa shape index (κ1) is 12.4. The Kier molecular flexibility index (Phi) is 9.79. The number of allylic oxidation sites excluding steroid dienone is 1. The van der Waals surface area contributed by atoms with Gasteiger partial charge in [-0.05, 0) is 19.3 Å². The maximum atomic E-state index is 5.18. The monoisotopic (exact) mass is 284 g/mol. The van der Waals surface area contributed by atoms with Gasteiger partial charge >= 0.3 is 0 Å². The smallest absolute Gasteiger partial charge is 0.146 e. The Hall–Kier alpha value is 0.390. The van der Waals surface area contributed by atoms with E-state index >= 15 is 0 Å². The molecular weight excluding hydrogens is 267 g/mol. The highest BCUT2D eigenvalue weighted by Gasteiger charge is 2.01. The number of hydrogen-bond donors (Lipinski definition) is 0. The highest BCUT2D eigenvalue weighted by Crippen LogP contribution is 2.13. The molecule has 1 unspecified atom stereocenters. The minimum absolute atomic E-state index is 0.408. The zero-order valence-corrected chi connectivity index (χ0v) is 9.75. The maximum absolute atomic E-state index is 5.18. The van der Waals surface area contributed by atoms with Crippen LogP contribution in [-0.4, -0.2) is 24.4 Å². The quantitative estimate of drug-likeness (QED) is 0.224. The van der Waals surface area contributed by atoms with E-state index in [4.69, 9.17) is 9.47 Å². The van der Waals surface area contributed by atoms with Crippen molar-refractivity contribution >= 4 is 22.6 Å². The second-order valence-electron chi connectivity index (χ2n) is 2.57. The Balaban J connectivity index is 3.07. The Labute approximate surface area is 88.5 Å². The van der Waals surface area contributed by atoms with Gasteiger partial charge in [-0.25, -0.2) is 0 Å². The molecule has 0 bridgehead atoms. The molecule has 12 heavy (non-hydrogen) atoms. The average molecular weight is 284 g/mol. The van der Waals surface area contributed by atoms with Crippen LogP contribution in [0.2, 0.25) is 0 Å². The molecule has 0 aliphatic heterocycles. The van der Waals surface area contributed by atoms with E-state index in [2.05, 4.69) is 29.2 Å². The zero-order valence-electron chi connectivity index (χ0n) is 7.59. The molecule has 3 heteroatoms. The minimum Gasteiger partial charge on any atom is -0.359 e. The van der Waals surface area contributed by atoms with E-state index in [0.29, 0.717) is 10.7 Å². The van der Waals surface area contributed by atoms with Crippen LogP contribution in [0.15, 0.2) is 12.7 Å². The van der Waals surface area contributed by atoms with Gasteiger partial charge in [0.1, 0.15) is 6.79 Å². The number of methoxy groups -OCH3 is 1. The summed E-state index contributed by atoms with van der Waals surface area (Å²) in [5.74, 6) is 0. The fraction of sp³-hybridized carbons (Fsp3) is 0.778. The van der Waals surface area contributed by atoms with Gasteiger partial charge in [-0.3, -0.25) is 0 Å². The predicted molar refractivity (Wildman–Crippen MR) is 59.7 cm³/mol. The van der Waals surface area contributed by atoms with Crippen LogP contribution in [0.25, 0.3) is 0 Å². The molecule has 0 heterocycles. The molecular formula is C9H17IO2. The minimum atomic E-state index is 0.408. The van der Waals surface area contributed by atoms with Crippen LogP contribution in [-0.2, 0) is 9.47 Å². The maximum Gasteiger partial charge on any atom is 0.146 e. The third-order valence-electron chi connectivity index (χ3n) is 1.46. The van der Waals surface area contributed by atoms with Crippen LogP contribution in [0.5, 0.6) is 0 Å². The van der Waals surface area contributed by atoms with Crippen LogP contribution in [0, 0.1) is 0 Å². The third-order valence-corrected chi connectivity index (χ3v) is 2.71. The summed E-state index contributed by atoms with van der Waals surface area (Å²) >= 11 is 2.45. The number of halogens is 1. The Morgan fingerprint density at radius 3 is 2.83 bits per heavy atom. The average Bonchev–Trinajstić information content (AvgIpc) is 2.09. The summed E-state index contributed by atoms with van der Waals surface area (Å²) in [6.45, 7) is 4.89. The summed E-state index contributed by atoms with van der Waals surface area (Å²) in [6, 6.07) is 0. The molecule has 0 saturated carbocycles. The van der Waals surface area contributed by atoms with Gasteiger partial charge in [0.25, 0.3) is 0 Å². The van der Waals surface area contributed by atoms with Crippen molar-refractivity contribution in [2.24, 2.45) is 0 Å². The lowest BCUT2D eigenvalue weighted by atomic mass is 10.2. The molecule has 0 aromatic rings. The number of ether oxygens (including phenoxy) is 2. The van der Waals surface area contributed by atoms with Crippen molar-refractivity contribution in [3.8, 4) is 0 Å². The van der Waals surface area contributed by atoms with Gasteiger partial charge in [0.2, 0.25) is 0 Å². The molecule has 0 fully saturated rings. The van der Waals surface area contributed by atoms with Gasteiger partial charge in [-0.1, -0.05) is 28.7 Å². The SMILES string of the molecule is C=CCCC(I)CCOCOC. The van der Waals surface area contributed by atoms with E-state index in [-0.39, 0.29) is 0 Å². The molecule has 0 aliphatic rings. The van der Waals surface area contributed by atoms with Crippen LogP contribution < -0.4 is 0 Å². The summed E-state index contributed by atoms with van der Waals surface area (Å²) < 4.78 is 10.6. The molecule has 0 aromatic carbocycles. The van der Waals surface area contributed by atoms with Crippen molar-refractivity contribution in [1.82, 2.24) is 0 Å². The van der Waals surface area contributed by atoms with Crippen molar-refractivity contribution in [1.29, 1.82) is 0 Å². The second kappa shape index (κ2) is 9.48. The predicted octanol–water partition coefficient (Wildman–Crippen LogP) is 2.77. The van der Waals surface area contributed by atoms with Crippen molar-refractivity contribution in [3.63, 3.8) is 0 Å². The lowest BCUT2D eigenvalue weighted by Gasteiger charge is -2.07. The fourth-order valence-electron chi connectivity index (χ4n) is 0.797. The lowest BCUT2D eigenvalue weighted by molar-refractivity contribution is -0.0309. The molecule has 0 aliphatic carbocycles. The van der Waals surface area contributed by atoms with Crippen molar-refractivity contribution in [2.75, 3.05) is 20.5 Å². The standard InChI is InChI=1S/C9H17IO2/c1-3-4-5-9(10)6-7-12-8-11-2/h3,9H,1,4-8H2,2H3. The van der Waals surface area contributed by atoms with Gasteiger partial charge in [-0.15, -0.1) is 6.58 Å². The Morgan fingerprint density at radius 1 is 1.50 bits per heavy atom. The summed E-state index contributed by atoms with van der Waals surface area (Å²) in [5.41, 5.74) is 0. The molecule has 0 aromatic heterocycles. The number of rotatable bonds is 8. The van der Waals surface area contributed by atoms with E-state index in [0.717, 1.165) is 19.4 Å². The van der Waals surface area contributed by atoms with Crippen molar-refractivity contribution in [2.45, 2.75) is 23.2 Å². The summed E-state index contributed by atoms with van der Waals surface area (Å²) in [6.07, 6.45) is 5.34. The van der Waals surface area contributed by atoms with E-state index < -0.39 is 0 Å². The zero-order chi connectivity index (χ0) is 9.23. The van der Waals surface area contributed by atoms with E-state index in [1.54, 1.807) is 7.11 Å². The van der Waals surface area contributed by atoms with E-state index in [1.165, 1.54) is 6.42 Å². The Bertz CT molecular complexity index is 107. The normalized spacial score (nSPS) is 12.8. The van der Waals surface area contributed by atoms with Gasteiger partial charge in [0.05, 0.1) is 6.61 Å². The summed E-state index contributed by atoms with van der Waals surface area (Å²) in [7, 11) is 1.64. The van der Waals surface area contributed by atoms with Crippen LogP contribution >= 0.6 is 22.6 Å². The van der Waals surface area contributed by atoms with Crippen molar-refractivity contribution in [3.05, 3.63) is 12.7 Å². The number of hydrogen-bond acceptors (Lipinski definition) is 2. The summed E-state index contributed by atoms with van der Waals surface area (Å²) in [5, 5.41) is 0. The molecule has 0 rings (SSSR count). The Morgan fingerprint density at radius 2 is 2.25 bits per heavy atom. The van der Waals surface area contributed by atoms with Crippen LogP contribution in [0.1, 0.15) is 19.3 Å². The molecule has 2 nitrogen and oxygen atoms in total. The van der Waals surface area contributed by atoms with Crippen LogP contribution in [0.3, 0.4) is 0 Å². The first-order chi connectivity index (χ1) is 5.81. The number of alkyl halides is 1. The fourth-order valence-corrected chi connectivity index (χ4v) is 1.41. The van der Waals surface area contributed by atoms with E-state index in [1.807, 2.05) is 6.08 Å². The highest BCUT2D eigenvalue weighted by molar-refractivity contribution is 14.1. The van der Waals surface area contributed by atoms with Gasteiger partial charge in [-0.2, -0.15) is 0 Å². The molecule has 0 N–H and O–H groups in total. The van der Waals surface area contributed by atoms with Gasteiger partial charge in [0, 0.05) is 11.0 Å². The molecule has 72 valence electrons. The molecule has 0 saturated heterocycles. The van der Waals surface area contributed by atoms with Gasteiger partial charge in [0.15, 0.2) is 0 Å². The molecule has 0 radical (unpaired) electrons. The van der Waals surface area contributed by atoms with Crippen molar-refractivity contribution < 1.29 is 9.47 Å². The molecule has 0 amide bonds. The first-order valence-electron chi connectivity index (χ1n) is 4.13. The third kappa shape index (κ3) is 8.49. The second-order valence-corrected chi connectivity index (χ2v) is 4.33.